The van der Waals surface area contributed by atoms with E-state index in [9.17, 15) is 18.7 Å². The second-order valence-electron chi connectivity index (χ2n) is 8.66. The zero-order valence-corrected chi connectivity index (χ0v) is 19.8. The van der Waals surface area contributed by atoms with Crippen LogP contribution >= 0.6 is 0 Å². The van der Waals surface area contributed by atoms with Gasteiger partial charge in [-0.25, -0.2) is 8.78 Å². The van der Waals surface area contributed by atoms with Crippen molar-refractivity contribution in [2.45, 2.75) is 32.0 Å². The highest BCUT2D eigenvalue weighted by Gasteiger charge is 2.26. The van der Waals surface area contributed by atoms with Gasteiger partial charge in [-0.15, -0.1) is 0 Å². The molecular formula is C27H23F2N3O5. The van der Waals surface area contributed by atoms with Crippen LogP contribution in [-0.2, 0) is 0 Å². The molecule has 0 aliphatic heterocycles. The first-order chi connectivity index (χ1) is 17.9. The van der Waals surface area contributed by atoms with Gasteiger partial charge in [0.25, 0.3) is 5.91 Å². The Balaban J connectivity index is 1.35. The van der Waals surface area contributed by atoms with E-state index in [1.165, 1.54) is 24.7 Å². The first-order valence-electron chi connectivity index (χ1n) is 11.7. The molecule has 1 atom stereocenters. The van der Waals surface area contributed by atoms with Gasteiger partial charge in [-0.2, -0.15) is 0 Å². The van der Waals surface area contributed by atoms with Gasteiger partial charge < -0.3 is 24.6 Å². The number of fused-ring (bicyclic) bond motifs is 1. The van der Waals surface area contributed by atoms with Crippen LogP contribution in [0.2, 0.25) is 0 Å². The predicted octanol–water partition coefficient (Wildman–Crippen LogP) is 5.25. The van der Waals surface area contributed by atoms with E-state index in [0.717, 1.165) is 25.0 Å². The normalized spacial score (nSPS) is 13.7. The molecule has 1 aliphatic carbocycles. The molecule has 37 heavy (non-hydrogen) atoms. The Morgan fingerprint density at radius 2 is 1.86 bits per heavy atom. The minimum absolute atomic E-state index is 0.0629. The summed E-state index contributed by atoms with van der Waals surface area (Å²) in [6.45, 7) is 1.71. The lowest BCUT2D eigenvalue weighted by Crippen LogP contribution is -2.15. The Kier molecular flexibility index (Phi) is 6.82. The lowest BCUT2D eigenvalue weighted by atomic mass is 10.2. The number of aromatic nitrogens is 2. The van der Waals surface area contributed by atoms with Crippen molar-refractivity contribution in [2.75, 3.05) is 11.9 Å². The Morgan fingerprint density at radius 1 is 1.11 bits per heavy atom. The fourth-order valence-electron chi connectivity index (χ4n) is 3.56. The Hall–Kier alpha value is -4.31. The average Bonchev–Trinajstić information content (AvgIpc) is 3.69. The number of nitrogens with zero attached hydrogens (tertiary/aromatic N) is 2. The van der Waals surface area contributed by atoms with Crippen LogP contribution in [0.25, 0.3) is 10.9 Å². The molecule has 10 heteroatoms. The molecule has 1 saturated carbocycles. The predicted molar refractivity (Wildman–Crippen MR) is 131 cm³/mol. The average molecular weight is 507 g/mol. The van der Waals surface area contributed by atoms with E-state index < -0.39 is 29.4 Å². The summed E-state index contributed by atoms with van der Waals surface area (Å²) in [5, 5.41) is 12.4. The van der Waals surface area contributed by atoms with Crippen molar-refractivity contribution in [1.29, 1.82) is 0 Å². The molecule has 1 amide bonds. The molecule has 0 radical (unpaired) electrons. The minimum atomic E-state index is -1.00. The molecule has 2 aromatic heterocycles. The number of carbonyl (C=O) groups is 1. The van der Waals surface area contributed by atoms with Crippen LogP contribution in [0.3, 0.4) is 0 Å². The number of carbonyl (C=O) groups excluding carboxylic acids is 1. The minimum Gasteiger partial charge on any atom is -0.491 e. The van der Waals surface area contributed by atoms with Crippen molar-refractivity contribution >= 4 is 22.5 Å². The van der Waals surface area contributed by atoms with Crippen LogP contribution in [-0.4, -0.2) is 39.8 Å². The number of hydrogen-bond acceptors (Lipinski definition) is 7. The number of pyridine rings is 2. The topological polar surface area (TPSA) is 103 Å². The van der Waals surface area contributed by atoms with Gasteiger partial charge in [0, 0.05) is 47.9 Å². The van der Waals surface area contributed by atoms with Gasteiger partial charge in [0.15, 0.2) is 17.4 Å². The molecule has 0 saturated heterocycles. The molecule has 0 unspecified atom stereocenters. The quantitative estimate of drug-likeness (QED) is 0.319. The highest BCUT2D eigenvalue weighted by atomic mass is 19.1. The molecule has 2 aromatic carbocycles. The summed E-state index contributed by atoms with van der Waals surface area (Å²) < 4.78 is 46.7. The second-order valence-corrected chi connectivity index (χ2v) is 8.66. The Bertz CT molecular complexity index is 1440. The van der Waals surface area contributed by atoms with Gasteiger partial charge in [-0.3, -0.25) is 14.8 Å². The van der Waals surface area contributed by atoms with Gasteiger partial charge in [0.1, 0.15) is 23.9 Å². The number of halogens is 2. The van der Waals surface area contributed by atoms with Crippen LogP contribution in [0.1, 0.15) is 30.1 Å². The molecule has 0 bridgehead atoms. The maximum absolute atomic E-state index is 14.9. The zero-order valence-electron chi connectivity index (χ0n) is 19.8. The third kappa shape index (κ3) is 5.75. The van der Waals surface area contributed by atoms with Crippen LogP contribution in [0.5, 0.6) is 23.0 Å². The van der Waals surface area contributed by atoms with Crippen molar-refractivity contribution < 1.29 is 32.9 Å². The third-order valence-electron chi connectivity index (χ3n) is 5.48. The van der Waals surface area contributed by atoms with Crippen LogP contribution in [0.15, 0.2) is 61.1 Å². The monoisotopic (exact) mass is 507 g/mol. The van der Waals surface area contributed by atoms with Gasteiger partial charge in [0.2, 0.25) is 0 Å². The first-order valence-corrected chi connectivity index (χ1v) is 11.7. The van der Waals surface area contributed by atoms with E-state index in [4.69, 9.17) is 14.2 Å². The maximum Gasteiger partial charge on any atom is 0.261 e. The maximum atomic E-state index is 14.9. The smallest absolute Gasteiger partial charge is 0.261 e. The summed E-state index contributed by atoms with van der Waals surface area (Å²) in [4.78, 5) is 20.9. The zero-order chi connectivity index (χ0) is 25.9. The summed E-state index contributed by atoms with van der Waals surface area (Å²) in [6, 6.07) is 9.93. The highest BCUT2D eigenvalue weighted by molar-refractivity contribution is 6.06. The van der Waals surface area contributed by atoms with E-state index in [2.05, 4.69) is 15.3 Å². The molecule has 1 aliphatic rings. The molecule has 5 rings (SSSR count). The number of rotatable bonds is 9. The molecule has 4 aromatic rings. The summed E-state index contributed by atoms with van der Waals surface area (Å²) in [7, 11) is 0. The number of hydrogen-bond donors (Lipinski definition) is 2. The molecule has 0 spiro atoms. The molecule has 8 nitrogen and oxygen atoms in total. The van der Waals surface area contributed by atoms with E-state index in [1.807, 2.05) is 0 Å². The number of aliphatic hydroxyl groups excluding tert-OH is 1. The lowest BCUT2D eigenvalue weighted by Gasteiger charge is -2.14. The van der Waals surface area contributed by atoms with E-state index in [1.54, 1.807) is 31.2 Å². The summed E-state index contributed by atoms with van der Waals surface area (Å²) in [5.74, 6) is -2.21. The number of aliphatic hydroxyl groups is 1. The first kappa shape index (κ1) is 24.4. The standard InChI is InChI=1S/C27H23F2N3O5/c1-15(33)14-35-18-4-5-19-23(12-18)31-9-7-24(19)37-26-21(28)10-16(11-22(26)29)32-27(34)20-13-30-8-6-25(20)36-17-2-3-17/h4-13,15,17,33H,2-3,14H2,1H3,(H,32,34)/t15-/m0/s1. The fraction of sp³-hybridized carbons (Fsp3) is 0.222. The van der Waals surface area contributed by atoms with E-state index in [-0.39, 0.29) is 29.7 Å². The van der Waals surface area contributed by atoms with Crippen molar-refractivity contribution in [1.82, 2.24) is 9.97 Å². The van der Waals surface area contributed by atoms with Gasteiger partial charge in [0.05, 0.1) is 23.3 Å². The molecule has 2 N–H and O–H groups in total. The van der Waals surface area contributed by atoms with Crippen molar-refractivity contribution in [2.24, 2.45) is 0 Å². The van der Waals surface area contributed by atoms with E-state index in [0.29, 0.717) is 22.4 Å². The number of anilines is 1. The van der Waals surface area contributed by atoms with Crippen molar-refractivity contribution in [3.63, 3.8) is 0 Å². The van der Waals surface area contributed by atoms with Crippen molar-refractivity contribution in [3.05, 3.63) is 78.3 Å². The summed E-state index contributed by atoms with van der Waals surface area (Å²) in [6.07, 6.45) is 5.53. The molecule has 190 valence electrons. The largest absolute Gasteiger partial charge is 0.491 e. The molecule has 1 fully saturated rings. The summed E-state index contributed by atoms with van der Waals surface area (Å²) in [5.41, 5.74) is 0.551. The van der Waals surface area contributed by atoms with Crippen LogP contribution in [0.4, 0.5) is 14.5 Å². The fourth-order valence-corrected chi connectivity index (χ4v) is 3.56. The van der Waals surface area contributed by atoms with E-state index >= 15 is 0 Å². The van der Waals surface area contributed by atoms with Crippen LogP contribution in [0, 0.1) is 11.6 Å². The van der Waals surface area contributed by atoms with Gasteiger partial charge in [-0.05, 0) is 44.0 Å². The van der Waals surface area contributed by atoms with Gasteiger partial charge in [-0.1, -0.05) is 0 Å². The summed E-state index contributed by atoms with van der Waals surface area (Å²) >= 11 is 0. The third-order valence-corrected chi connectivity index (χ3v) is 5.48. The Labute approximate surface area is 210 Å². The number of benzene rings is 2. The Morgan fingerprint density at radius 3 is 2.59 bits per heavy atom. The number of ether oxygens (including phenoxy) is 3. The number of nitrogens with one attached hydrogen (secondary N) is 1. The highest BCUT2D eigenvalue weighted by Crippen LogP contribution is 2.35. The SMILES string of the molecule is C[C@H](O)COc1ccc2c(Oc3c(F)cc(NC(=O)c4cnccc4OC4CC4)cc3F)ccnc2c1. The van der Waals surface area contributed by atoms with Gasteiger partial charge >= 0.3 is 0 Å². The molecular weight excluding hydrogens is 484 g/mol. The number of amides is 1. The van der Waals surface area contributed by atoms with Crippen LogP contribution < -0.4 is 19.5 Å². The second kappa shape index (κ2) is 10.4. The van der Waals surface area contributed by atoms with Crippen molar-refractivity contribution in [3.8, 4) is 23.0 Å². The molecule has 2 heterocycles. The lowest BCUT2D eigenvalue weighted by molar-refractivity contribution is 0.102.